The Bertz CT molecular complexity index is 1440. The number of aliphatic hydroxyl groups is 1. The highest BCUT2D eigenvalue weighted by molar-refractivity contribution is 7.45. The summed E-state index contributed by atoms with van der Waals surface area (Å²) in [7, 11) is 1.30. The van der Waals surface area contributed by atoms with Crippen LogP contribution in [0.2, 0.25) is 0 Å². The van der Waals surface area contributed by atoms with Crippen molar-refractivity contribution >= 4 is 13.7 Å². The van der Waals surface area contributed by atoms with Gasteiger partial charge in [0.15, 0.2) is 0 Å². The molecule has 0 saturated carbocycles. The van der Waals surface area contributed by atoms with E-state index in [1.807, 2.05) is 21.1 Å². The van der Waals surface area contributed by atoms with Gasteiger partial charge in [0.05, 0.1) is 39.9 Å². The van der Waals surface area contributed by atoms with Crippen molar-refractivity contribution in [3.63, 3.8) is 0 Å². The minimum Gasteiger partial charge on any atom is -0.756 e. The molecule has 9 heteroatoms. The molecule has 0 fully saturated rings. The zero-order valence-corrected chi connectivity index (χ0v) is 52.6. The van der Waals surface area contributed by atoms with E-state index in [9.17, 15) is 19.4 Å². The van der Waals surface area contributed by atoms with Crippen LogP contribution in [0.3, 0.4) is 0 Å². The molecule has 1 amide bonds. The van der Waals surface area contributed by atoms with Crippen molar-refractivity contribution in [3.05, 3.63) is 60.8 Å². The Labute approximate surface area is 479 Å². The topological polar surface area (TPSA) is 108 Å². The monoisotopic (exact) mass is 1100 g/mol. The number of unbranched alkanes of at least 4 members (excludes halogenated alkanes) is 38. The SMILES string of the molecule is CC/C=C\C/C=C\C/C=C\C/C=C\C/C=C\CCCCCCCCCC(=O)NC(COP(=O)([O-])OCC[N+](C)(C)C)C(O)CCCCCCCCCCCCCCCCCCCCCCCCCCCCCCCCCC. The molecule has 0 aromatic heterocycles. The van der Waals surface area contributed by atoms with Crippen LogP contribution in [0.25, 0.3) is 0 Å². The van der Waals surface area contributed by atoms with Crippen LogP contribution < -0.4 is 10.2 Å². The van der Waals surface area contributed by atoms with Crippen LogP contribution in [-0.2, 0) is 18.4 Å². The second-order valence-corrected chi connectivity index (χ2v) is 25.2. The number of quaternary nitrogens is 1. The molecule has 0 radical (unpaired) electrons. The second kappa shape index (κ2) is 58.8. The highest BCUT2D eigenvalue weighted by Gasteiger charge is 2.24. The van der Waals surface area contributed by atoms with Gasteiger partial charge in [-0.05, 0) is 57.8 Å². The summed E-state index contributed by atoms with van der Waals surface area (Å²) in [6.07, 6.45) is 80.0. The number of nitrogens with one attached hydrogen (secondary N) is 1. The number of phosphoric acid groups is 1. The van der Waals surface area contributed by atoms with Gasteiger partial charge in [0.1, 0.15) is 13.2 Å². The molecule has 0 bridgehead atoms. The van der Waals surface area contributed by atoms with E-state index in [1.165, 1.54) is 205 Å². The number of allylic oxidation sites excluding steroid dienone is 10. The average molecular weight is 1100 g/mol. The summed E-state index contributed by atoms with van der Waals surface area (Å²) >= 11 is 0. The zero-order valence-electron chi connectivity index (χ0n) is 51.7. The van der Waals surface area contributed by atoms with Crippen LogP contribution in [0.4, 0.5) is 0 Å². The van der Waals surface area contributed by atoms with Gasteiger partial charge in [0.25, 0.3) is 7.82 Å². The van der Waals surface area contributed by atoms with E-state index in [-0.39, 0.29) is 19.1 Å². The fourth-order valence-electron chi connectivity index (χ4n) is 9.89. The quantitative estimate of drug-likeness (QED) is 0.0272. The van der Waals surface area contributed by atoms with Crippen LogP contribution in [0.1, 0.15) is 316 Å². The molecule has 3 atom stereocenters. The van der Waals surface area contributed by atoms with Gasteiger partial charge in [-0.1, -0.05) is 312 Å². The number of likely N-dealkylation sites (N-methyl/N-ethyl adjacent to an activating group) is 1. The molecule has 0 aromatic carbocycles. The van der Waals surface area contributed by atoms with Crippen molar-refractivity contribution in [1.82, 2.24) is 5.32 Å². The predicted octanol–water partition coefficient (Wildman–Crippen LogP) is 20.2. The van der Waals surface area contributed by atoms with Gasteiger partial charge in [-0.2, -0.15) is 0 Å². The molecule has 0 spiro atoms. The summed E-state index contributed by atoms with van der Waals surface area (Å²) in [5.74, 6) is -0.174. The first-order valence-electron chi connectivity index (χ1n) is 33.1. The number of hydrogen-bond acceptors (Lipinski definition) is 6. The number of hydrogen-bond donors (Lipinski definition) is 2. The summed E-state index contributed by atoms with van der Waals surface area (Å²) in [5, 5.41) is 14.1. The third-order valence-electron chi connectivity index (χ3n) is 15.0. The number of carbonyl (C=O) groups is 1. The molecular weight excluding hydrogens is 972 g/mol. The lowest BCUT2D eigenvalue weighted by Gasteiger charge is -2.30. The lowest BCUT2D eigenvalue weighted by atomic mass is 10.0. The highest BCUT2D eigenvalue weighted by Crippen LogP contribution is 2.38. The molecule has 452 valence electrons. The number of phosphoric ester groups is 1. The van der Waals surface area contributed by atoms with Gasteiger partial charge < -0.3 is 28.8 Å². The maximum Gasteiger partial charge on any atom is 0.268 e. The summed E-state index contributed by atoms with van der Waals surface area (Å²) < 4.78 is 23.5. The van der Waals surface area contributed by atoms with Gasteiger partial charge in [0.2, 0.25) is 5.91 Å². The van der Waals surface area contributed by atoms with Crippen LogP contribution in [0, 0.1) is 0 Å². The van der Waals surface area contributed by atoms with Crippen molar-refractivity contribution in [2.45, 2.75) is 328 Å². The number of nitrogens with zero attached hydrogens (tertiary/aromatic N) is 1. The van der Waals surface area contributed by atoms with E-state index in [2.05, 4.69) is 79.9 Å². The lowest BCUT2D eigenvalue weighted by molar-refractivity contribution is -0.870. The Morgan fingerprint density at radius 1 is 0.468 bits per heavy atom. The molecule has 0 saturated heterocycles. The standard InChI is InChI=1S/C68H129N2O6P/c1-6-8-10-12-14-16-18-20-22-24-26-28-30-31-32-33-34-35-36-37-38-40-41-43-45-47-49-51-53-55-57-59-61-67(71)66(65-76-77(73,74)75-64-63-70(3,4)5)69-68(72)62-60-58-56-54-52-50-48-46-44-42-39-29-27-25-23-21-19-17-15-13-11-9-7-2/h9,11,15,17,21,23,27,29,42,44,66-67,71H,6-8,10,12-14,16,18-20,22,24-26,28,30-41,43,45-65H2,1-5H3,(H-,69,72,73,74)/b11-9-,17-15-,23-21-,29-27-,44-42-. The largest absolute Gasteiger partial charge is 0.756 e. The van der Waals surface area contributed by atoms with Crippen molar-refractivity contribution < 1.29 is 32.9 Å². The van der Waals surface area contributed by atoms with Crippen LogP contribution in [0.5, 0.6) is 0 Å². The van der Waals surface area contributed by atoms with Crippen LogP contribution in [0.15, 0.2) is 60.8 Å². The molecule has 0 rings (SSSR count). The number of carbonyl (C=O) groups excluding carboxylic acids is 1. The summed E-state index contributed by atoms with van der Waals surface area (Å²) in [4.78, 5) is 25.6. The Kier molecular flexibility index (Phi) is 57.5. The van der Waals surface area contributed by atoms with E-state index in [1.54, 1.807) is 0 Å². The van der Waals surface area contributed by atoms with Gasteiger partial charge in [-0.3, -0.25) is 9.36 Å². The smallest absolute Gasteiger partial charge is 0.268 e. The summed E-state index contributed by atoms with van der Waals surface area (Å²) in [5.41, 5.74) is 0. The van der Waals surface area contributed by atoms with E-state index >= 15 is 0 Å². The molecule has 0 aromatic rings. The molecule has 0 aliphatic rings. The molecule has 8 nitrogen and oxygen atoms in total. The minimum atomic E-state index is -4.59. The van der Waals surface area contributed by atoms with Crippen molar-refractivity contribution in [2.75, 3.05) is 40.9 Å². The first-order chi connectivity index (χ1) is 37.5. The van der Waals surface area contributed by atoms with Gasteiger partial charge >= 0.3 is 0 Å². The third-order valence-corrected chi connectivity index (χ3v) is 16.0. The van der Waals surface area contributed by atoms with Crippen molar-refractivity contribution in [2.24, 2.45) is 0 Å². The molecular formula is C68H129N2O6P. The zero-order chi connectivity index (χ0) is 56.3. The normalized spacial score (nSPS) is 14.1. The number of aliphatic hydroxyl groups excluding tert-OH is 1. The second-order valence-electron chi connectivity index (χ2n) is 23.8. The molecule has 0 heterocycles. The van der Waals surface area contributed by atoms with Gasteiger partial charge in [-0.15, -0.1) is 0 Å². The molecule has 0 aliphatic heterocycles. The Morgan fingerprint density at radius 2 is 0.792 bits per heavy atom. The van der Waals surface area contributed by atoms with E-state index in [4.69, 9.17) is 9.05 Å². The molecule has 2 N–H and O–H groups in total. The number of amides is 1. The van der Waals surface area contributed by atoms with Crippen molar-refractivity contribution in [3.8, 4) is 0 Å². The Hall–Kier alpha value is -1.80. The van der Waals surface area contributed by atoms with E-state index in [0.717, 1.165) is 83.5 Å². The molecule has 0 aliphatic carbocycles. The Morgan fingerprint density at radius 3 is 1.16 bits per heavy atom. The average Bonchev–Trinajstić information content (AvgIpc) is 3.39. The van der Waals surface area contributed by atoms with Gasteiger partial charge in [-0.25, -0.2) is 0 Å². The van der Waals surface area contributed by atoms with Crippen LogP contribution in [-0.4, -0.2) is 68.5 Å². The van der Waals surface area contributed by atoms with Gasteiger partial charge in [0, 0.05) is 6.42 Å². The minimum absolute atomic E-state index is 0.00780. The Balaban J connectivity index is 4.06. The summed E-state index contributed by atoms with van der Waals surface area (Å²) in [6.45, 7) is 4.63. The van der Waals surface area contributed by atoms with Crippen molar-refractivity contribution in [1.29, 1.82) is 0 Å². The fraction of sp³-hybridized carbons (Fsp3) is 0.838. The van der Waals surface area contributed by atoms with E-state index < -0.39 is 20.0 Å². The maximum absolute atomic E-state index is 13.0. The highest BCUT2D eigenvalue weighted by atomic mass is 31.2. The first kappa shape index (κ1) is 75.2. The maximum atomic E-state index is 13.0. The molecule has 3 unspecified atom stereocenters. The summed E-state index contributed by atoms with van der Waals surface area (Å²) in [6, 6.07) is -0.812. The number of rotatable bonds is 61. The first-order valence-corrected chi connectivity index (χ1v) is 34.6. The fourth-order valence-corrected chi connectivity index (χ4v) is 10.6. The molecule has 77 heavy (non-hydrogen) atoms. The van der Waals surface area contributed by atoms with E-state index in [0.29, 0.717) is 23.9 Å². The predicted molar refractivity (Wildman–Crippen MR) is 334 cm³/mol. The third kappa shape index (κ3) is 61.7. The lowest BCUT2D eigenvalue weighted by Crippen LogP contribution is -2.46. The van der Waals surface area contributed by atoms with Crippen LogP contribution >= 0.6 is 7.82 Å².